The van der Waals surface area contributed by atoms with Gasteiger partial charge in [-0.05, 0) is 6.42 Å². The fraction of sp³-hybridized carbons (Fsp3) is 0.800. The van der Waals surface area contributed by atoms with Crippen LogP contribution in [0.1, 0.15) is 12.8 Å². The molecule has 2 rings (SSSR count). The van der Waals surface area contributed by atoms with E-state index in [0.717, 1.165) is 19.4 Å². The summed E-state index contributed by atoms with van der Waals surface area (Å²) in [6.45, 7) is 0.849. The fourth-order valence-electron chi connectivity index (χ4n) is 1.08. The highest BCUT2D eigenvalue weighted by molar-refractivity contribution is 5.59. The highest BCUT2D eigenvalue weighted by Gasteiger charge is 2.26. The average molecular weight is 112 g/mol. The van der Waals surface area contributed by atoms with Crippen LogP contribution in [0.2, 0.25) is 0 Å². The van der Waals surface area contributed by atoms with Crippen LogP contribution in [0.4, 0.5) is 0 Å². The van der Waals surface area contributed by atoms with Crippen LogP contribution >= 0.6 is 0 Å². The number of fused-ring (bicyclic) bond motifs is 1. The van der Waals surface area contributed by atoms with E-state index in [1.165, 1.54) is 0 Å². The van der Waals surface area contributed by atoms with Crippen molar-refractivity contribution >= 4 is 6.21 Å². The van der Waals surface area contributed by atoms with Crippen LogP contribution in [-0.2, 0) is 4.84 Å². The summed E-state index contributed by atoms with van der Waals surface area (Å²) >= 11 is 0. The quantitative estimate of drug-likeness (QED) is 0.452. The van der Waals surface area contributed by atoms with Crippen molar-refractivity contribution in [2.24, 2.45) is 5.10 Å². The second-order valence-electron chi connectivity index (χ2n) is 2.11. The first-order valence-corrected chi connectivity index (χ1v) is 2.91. The van der Waals surface area contributed by atoms with Gasteiger partial charge in [0.05, 0.1) is 12.6 Å². The van der Waals surface area contributed by atoms with E-state index in [9.17, 15) is 0 Å². The van der Waals surface area contributed by atoms with Gasteiger partial charge in [0.1, 0.15) is 0 Å². The maximum Gasteiger partial charge on any atom is 0.0830 e. The summed E-state index contributed by atoms with van der Waals surface area (Å²) in [6.07, 6.45) is 4.11. The Morgan fingerprint density at radius 1 is 1.75 bits per heavy atom. The van der Waals surface area contributed by atoms with Crippen molar-refractivity contribution in [2.45, 2.75) is 18.9 Å². The fourth-order valence-corrected chi connectivity index (χ4v) is 1.08. The Hall–Kier alpha value is -0.570. The minimum atomic E-state index is 0.565. The molecule has 3 nitrogen and oxygen atoms in total. The number of hydroxylamine groups is 1. The monoisotopic (exact) mass is 112 g/mol. The van der Waals surface area contributed by atoms with E-state index >= 15 is 0 Å². The van der Waals surface area contributed by atoms with Crippen molar-refractivity contribution < 1.29 is 4.84 Å². The molecule has 0 aromatic heterocycles. The van der Waals surface area contributed by atoms with Crippen LogP contribution in [0.3, 0.4) is 0 Å². The van der Waals surface area contributed by atoms with E-state index in [2.05, 4.69) is 5.10 Å². The summed E-state index contributed by atoms with van der Waals surface area (Å²) in [4.78, 5) is 5.11. The van der Waals surface area contributed by atoms with Crippen molar-refractivity contribution in [3.63, 3.8) is 0 Å². The lowest BCUT2D eigenvalue weighted by Gasteiger charge is -2.08. The molecule has 2 heterocycles. The molecule has 0 aromatic rings. The van der Waals surface area contributed by atoms with E-state index in [0.29, 0.717) is 6.04 Å². The molecule has 1 saturated heterocycles. The molecule has 1 atom stereocenters. The summed E-state index contributed by atoms with van der Waals surface area (Å²) in [5.41, 5.74) is 0. The lowest BCUT2D eigenvalue weighted by atomic mass is 10.2. The smallest absolute Gasteiger partial charge is 0.0830 e. The SMILES string of the molecule is C1=NN2OCCC2C1. The van der Waals surface area contributed by atoms with Gasteiger partial charge in [0.2, 0.25) is 0 Å². The van der Waals surface area contributed by atoms with E-state index in [1.807, 2.05) is 6.21 Å². The summed E-state index contributed by atoms with van der Waals surface area (Å²) < 4.78 is 0. The molecule has 0 radical (unpaired) electrons. The van der Waals surface area contributed by atoms with Gasteiger partial charge < -0.3 is 0 Å². The molecule has 1 fully saturated rings. The number of nitrogens with zero attached hydrogens (tertiary/aromatic N) is 2. The molecule has 2 aliphatic rings. The number of rotatable bonds is 0. The normalized spacial score (nSPS) is 34.0. The van der Waals surface area contributed by atoms with Crippen LogP contribution in [0.15, 0.2) is 5.10 Å². The van der Waals surface area contributed by atoms with Crippen molar-refractivity contribution in [3.8, 4) is 0 Å². The van der Waals surface area contributed by atoms with Crippen LogP contribution in [0.5, 0.6) is 0 Å². The largest absolute Gasteiger partial charge is 0.256 e. The third kappa shape index (κ3) is 0.448. The Morgan fingerprint density at radius 3 is 3.62 bits per heavy atom. The van der Waals surface area contributed by atoms with Gasteiger partial charge >= 0.3 is 0 Å². The van der Waals surface area contributed by atoms with E-state index in [1.54, 1.807) is 5.17 Å². The Kier molecular flexibility index (Phi) is 0.784. The number of hydrogen-bond acceptors (Lipinski definition) is 3. The molecule has 0 aromatic carbocycles. The highest BCUT2D eigenvalue weighted by Crippen LogP contribution is 2.20. The highest BCUT2D eigenvalue weighted by atomic mass is 16.7. The molecule has 0 spiro atoms. The van der Waals surface area contributed by atoms with Gasteiger partial charge in [0, 0.05) is 12.6 Å². The molecule has 0 N–H and O–H groups in total. The van der Waals surface area contributed by atoms with E-state index in [4.69, 9.17) is 4.84 Å². The first kappa shape index (κ1) is 4.32. The number of hydrazone groups is 1. The van der Waals surface area contributed by atoms with Gasteiger partial charge in [-0.25, -0.2) is 0 Å². The van der Waals surface area contributed by atoms with Gasteiger partial charge in [-0.3, -0.25) is 4.84 Å². The standard InChI is InChI=1S/C5H8N2O/c1-3-6-7-5(1)2-4-8-7/h3,5H,1-2,4H2. The van der Waals surface area contributed by atoms with E-state index in [-0.39, 0.29) is 0 Å². The second-order valence-corrected chi connectivity index (χ2v) is 2.11. The zero-order valence-corrected chi connectivity index (χ0v) is 4.58. The third-order valence-electron chi connectivity index (χ3n) is 1.56. The van der Waals surface area contributed by atoms with Crippen molar-refractivity contribution in [1.29, 1.82) is 0 Å². The molecule has 2 aliphatic heterocycles. The Labute approximate surface area is 47.9 Å². The average Bonchev–Trinajstić information content (AvgIpc) is 2.15. The van der Waals surface area contributed by atoms with E-state index < -0.39 is 0 Å². The Balaban J connectivity index is 2.13. The third-order valence-corrected chi connectivity index (χ3v) is 1.56. The predicted octanol–water partition coefficient (Wildman–Crippen LogP) is 0.382. The van der Waals surface area contributed by atoms with Crippen LogP contribution in [-0.4, -0.2) is 24.0 Å². The van der Waals surface area contributed by atoms with Gasteiger partial charge in [-0.1, -0.05) is 0 Å². The molecule has 0 aliphatic carbocycles. The Bertz CT molecular complexity index is 124. The molecule has 3 heteroatoms. The van der Waals surface area contributed by atoms with Crippen LogP contribution in [0.25, 0.3) is 0 Å². The van der Waals surface area contributed by atoms with Gasteiger partial charge in [-0.2, -0.15) is 10.3 Å². The van der Waals surface area contributed by atoms with Crippen molar-refractivity contribution in [3.05, 3.63) is 0 Å². The number of hydrogen-bond donors (Lipinski definition) is 0. The lowest BCUT2D eigenvalue weighted by molar-refractivity contribution is -0.122. The summed E-state index contributed by atoms with van der Waals surface area (Å²) in [6, 6.07) is 0.565. The molecule has 44 valence electrons. The minimum absolute atomic E-state index is 0.565. The van der Waals surface area contributed by atoms with Crippen LogP contribution in [0, 0.1) is 0 Å². The zero-order valence-electron chi connectivity index (χ0n) is 4.58. The maximum absolute atomic E-state index is 5.11. The molecule has 0 amide bonds. The van der Waals surface area contributed by atoms with Crippen LogP contribution < -0.4 is 0 Å². The molecular weight excluding hydrogens is 104 g/mol. The lowest BCUT2D eigenvalue weighted by Crippen LogP contribution is -2.16. The first-order chi connectivity index (χ1) is 3.97. The predicted molar refractivity (Wildman–Crippen MR) is 29.3 cm³/mol. The molecular formula is C5H8N2O. The molecule has 8 heavy (non-hydrogen) atoms. The zero-order chi connectivity index (χ0) is 5.40. The maximum atomic E-state index is 5.11. The summed E-state index contributed by atoms with van der Waals surface area (Å²) in [5.74, 6) is 0. The molecule has 0 saturated carbocycles. The minimum Gasteiger partial charge on any atom is -0.256 e. The topological polar surface area (TPSA) is 24.8 Å². The second kappa shape index (κ2) is 1.45. The first-order valence-electron chi connectivity index (χ1n) is 2.91. The summed E-state index contributed by atoms with van der Waals surface area (Å²) in [7, 11) is 0. The van der Waals surface area contributed by atoms with Gasteiger partial charge in [-0.15, -0.1) is 0 Å². The van der Waals surface area contributed by atoms with Crippen molar-refractivity contribution in [2.75, 3.05) is 6.61 Å². The summed E-state index contributed by atoms with van der Waals surface area (Å²) in [5, 5.41) is 5.69. The molecule has 1 unspecified atom stereocenters. The Morgan fingerprint density at radius 2 is 2.75 bits per heavy atom. The van der Waals surface area contributed by atoms with Crippen molar-refractivity contribution in [1.82, 2.24) is 5.17 Å². The van der Waals surface area contributed by atoms with Gasteiger partial charge in [0.25, 0.3) is 0 Å². The molecule has 0 bridgehead atoms. The van der Waals surface area contributed by atoms with Gasteiger partial charge in [0.15, 0.2) is 0 Å².